The van der Waals surface area contributed by atoms with E-state index in [-0.39, 0.29) is 5.91 Å². The largest absolute Gasteiger partial charge is 0.305 e. The van der Waals surface area contributed by atoms with E-state index in [4.69, 9.17) is 0 Å². The van der Waals surface area contributed by atoms with Gasteiger partial charge in [-0.25, -0.2) is 15.0 Å². The smallest absolute Gasteiger partial charge is 0.268 e. The Morgan fingerprint density at radius 1 is 1.31 bits per heavy atom. The molecule has 0 saturated carbocycles. The molecule has 2 heterocycles. The van der Waals surface area contributed by atoms with Crippen LogP contribution in [0.2, 0.25) is 0 Å². The Bertz CT molecular complexity index is 510. The molecular formula is C9H7BrN4OS. The molecule has 0 aliphatic carbocycles. The van der Waals surface area contributed by atoms with Gasteiger partial charge in [-0.1, -0.05) is 0 Å². The van der Waals surface area contributed by atoms with Crippen LogP contribution in [0.5, 0.6) is 0 Å². The van der Waals surface area contributed by atoms with Crippen LogP contribution in [0, 0.1) is 6.92 Å². The second-order valence-corrected chi connectivity index (χ2v) is 4.97. The Kier molecular flexibility index (Phi) is 3.25. The van der Waals surface area contributed by atoms with E-state index in [1.54, 1.807) is 6.20 Å². The number of anilines is 1. The molecule has 0 aliphatic rings. The van der Waals surface area contributed by atoms with Gasteiger partial charge in [0, 0.05) is 0 Å². The molecule has 1 N–H and O–H groups in total. The van der Waals surface area contributed by atoms with Gasteiger partial charge < -0.3 is 5.32 Å². The maximum Gasteiger partial charge on any atom is 0.268 e. The summed E-state index contributed by atoms with van der Waals surface area (Å²) >= 11 is 4.50. The third kappa shape index (κ3) is 2.61. The van der Waals surface area contributed by atoms with Crippen LogP contribution in [0.25, 0.3) is 0 Å². The Labute approximate surface area is 104 Å². The summed E-state index contributed by atoms with van der Waals surface area (Å²) in [5.74, 6) is 0.196. The lowest BCUT2D eigenvalue weighted by molar-refractivity contribution is 0.103. The maximum absolute atomic E-state index is 11.7. The molecule has 2 aromatic rings. The molecule has 0 atom stereocenters. The first-order valence-corrected chi connectivity index (χ1v) is 5.97. The summed E-state index contributed by atoms with van der Waals surface area (Å²) in [6, 6.07) is 0. The highest BCUT2D eigenvalue weighted by molar-refractivity contribution is 9.10. The quantitative estimate of drug-likeness (QED) is 0.923. The highest BCUT2D eigenvalue weighted by Gasteiger charge is 2.09. The fourth-order valence-corrected chi connectivity index (χ4v) is 1.90. The van der Waals surface area contributed by atoms with E-state index in [9.17, 15) is 4.79 Å². The molecule has 1 amide bonds. The fraction of sp³-hybridized carbons (Fsp3) is 0.111. The third-order valence-corrected chi connectivity index (χ3v) is 3.03. The van der Waals surface area contributed by atoms with E-state index in [1.807, 2.05) is 6.92 Å². The van der Waals surface area contributed by atoms with Crippen LogP contribution >= 0.6 is 27.3 Å². The molecule has 0 spiro atoms. The van der Waals surface area contributed by atoms with E-state index in [0.717, 1.165) is 5.01 Å². The summed E-state index contributed by atoms with van der Waals surface area (Å²) in [6.45, 7) is 1.85. The van der Waals surface area contributed by atoms with Crippen molar-refractivity contribution in [3.05, 3.63) is 33.1 Å². The predicted octanol–water partition coefficient (Wildman–Crippen LogP) is 2.26. The number of hydrogen-bond donors (Lipinski definition) is 1. The second-order valence-electron chi connectivity index (χ2n) is 2.92. The minimum Gasteiger partial charge on any atom is -0.305 e. The second kappa shape index (κ2) is 4.67. The van der Waals surface area contributed by atoms with Crippen LogP contribution in [0.1, 0.15) is 14.7 Å². The molecule has 0 radical (unpaired) electrons. The van der Waals surface area contributed by atoms with Crippen molar-refractivity contribution in [1.29, 1.82) is 0 Å². The van der Waals surface area contributed by atoms with Crippen molar-refractivity contribution in [3.63, 3.8) is 0 Å². The average molecular weight is 299 g/mol. The summed E-state index contributed by atoms with van der Waals surface area (Å²) in [4.78, 5) is 24.2. The molecule has 16 heavy (non-hydrogen) atoms. The molecule has 0 unspecified atom stereocenters. The van der Waals surface area contributed by atoms with Gasteiger partial charge in [0.15, 0.2) is 5.82 Å². The third-order valence-electron chi connectivity index (χ3n) is 1.71. The summed E-state index contributed by atoms with van der Waals surface area (Å²) in [6.07, 6.45) is 4.55. The van der Waals surface area contributed by atoms with Gasteiger partial charge in [-0.05, 0) is 22.9 Å². The topological polar surface area (TPSA) is 67.8 Å². The molecule has 2 aromatic heterocycles. The number of thiazole rings is 1. The number of carbonyl (C=O) groups is 1. The number of rotatable bonds is 2. The van der Waals surface area contributed by atoms with Gasteiger partial charge in [0.2, 0.25) is 0 Å². The summed E-state index contributed by atoms with van der Waals surface area (Å²) in [7, 11) is 0. The highest BCUT2D eigenvalue weighted by atomic mass is 79.9. The number of aryl methyl sites for hydroxylation is 1. The Morgan fingerprint density at radius 3 is 2.69 bits per heavy atom. The van der Waals surface area contributed by atoms with E-state index in [1.165, 1.54) is 23.7 Å². The zero-order chi connectivity index (χ0) is 11.5. The summed E-state index contributed by atoms with van der Waals surface area (Å²) in [5, 5.41) is 3.49. The van der Waals surface area contributed by atoms with Crippen LogP contribution in [0.4, 0.5) is 5.82 Å². The van der Waals surface area contributed by atoms with Crippen molar-refractivity contribution in [2.24, 2.45) is 0 Å². The molecule has 0 bridgehead atoms. The molecule has 5 nitrogen and oxygen atoms in total. The van der Waals surface area contributed by atoms with E-state index in [0.29, 0.717) is 15.3 Å². The van der Waals surface area contributed by atoms with Crippen molar-refractivity contribution in [3.8, 4) is 0 Å². The van der Waals surface area contributed by atoms with Crippen LogP contribution in [0.15, 0.2) is 23.2 Å². The lowest BCUT2D eigenvalue weighted by atomic mass is 10.5. The standard InChI is InChI=1S/C9H7BrN4OS/c1-5-11-2-6(16-5)9(15)14-8-4-12-7(10)3-13-8/h2-4H,1H3,(H,13,14,15). The number of halogens is 1. The van der Waals surface area contributed by atoms with Crippen LogP contribution in [-0.2, 0) is 0 Å². The molecule has 0 fully saturated rings. The Hall–Kier alpha value is -1.34. The maximum atomic E-state index is 11.7. The summed E-state index contributed by atoms with van der Waals surface area (Å²) in [5.41, 5.74) is 0. The molecule has 2 rings (SSSR count). The molecule has 7 heteroatoms. The summed E-state index contributed by atoms with van der Waals surface area (Å²) < 4.78 is 0.624. The zero-order valence-corrected chi connectivity index (χ0v) is 10.7. The Morgan fingerprint density at radius 2 is 2.12 bits per heavy atom. The first-order chi connectivity index (χ1) is 7.65. The lowest BCUT2D eigenvalue weighted by Gasteiger charge is -2.00. The van der Waals surface area contributed by atoms with E-state index >= 15 is 0 Å². The molecule has 0 saturated heterocycles. The monoisotopic (exact) mass is 298 g/mol. The number of nitrogens with one attached hydrogen (secondary N) is 1. The van der Waals surface area contributed by atoms with E-state index in [2.05, 4.69) is 36.2 Å². The number of nitrogens with zero attached hydrogens (tertiary/aromatic N) is 3. The first-order valence-electron chi connectivity index (χ1n) is 4.36. The van der Waals surface area contributed by atoms with Crippen molar-refractivity contribution in [2.75, 3.05) is 5.32 Å². The van der Waals surface area contributed by atoms with Gasteiger partial charge in [-0.3, -0.25) is 4.79 Å². The van der Waals surface area contributed by atoms with Crippen LogP contribution in [-0.4, -0.2) is 20.9 Å². The SMILES string of the molecule is Cc1ncc(C(=O)Nc2cnc(Br)cn2)s1. The van der Waals surface area contributed by atoms with Crippen LogP contribution < -0.4 is 5.32 Å². The molecular weight excluding hydrogens is 292 g/mol. The normalized spacial score (nSPS) is 10.1. The van der Waals surface area contributed by atoms with Gasteiger partial charge in [-0.15, -0.1) is 11.3 Å². The number of amides is 1. The number of aromatic nitrogens is 3. The average Bonchev–Trinajstić information content (AvgIpc) is 2.68. The minimum atomic E-state index is -0.220. The van der Waals surface area contributed by atoms with Gasteiger partial charge in [-0.2, -0.15) is 0 Å². The lowest BCUT2D eigenvalue weighted by Crippen LogP contribution is -2.11. The number of hydrogen-bond acceptors (Lipinski definition) is 5. The molecule has 0 aliphatic heterocycles. The Balaban J connectivity index is 2.10. The van der Waals surface area contributed by atoms with E-state index < -0.39 is 0 Å². The minimum absolute atomic E-state index is 0.220. The van der Waals surface area contributed by atoms with Gasteiger partial charge in [0.1, 0.15) is 9.48 Å². The van der Waals surface area contributed by atoms with Gasteiger partial charge in [0.25, 0.3) is 5.91 Å². The van der Waals surface area contributed by atoms with Crippen molar-refractivity contribution in [1.82, 2.24) is 15.0 Å². The first kappa shape index (κ1) is 11.2. The van der Waals surface area contributed by atoms with Gasteiger partial charge in [0.05, 0.1) is 23.6 Å². The molecule has 0 aromatic carbocycles. The number of carbonyl (C=O) groups excluding carboxylic acids is 1. The predicted molar refractivity (Wildman–Crippen MR) is 64.5 cm³/mol. The van der Waals surface area contributed by atoms with Crippen molar-refractivity contribution < 1.29 is 4.79 Å². The fourth-order valence-electron chi connectivity index (χ4n) is 1.02. The molecule has 82 valence electrons. The zero-order valence-electron chi connectivity index (χ0n) is 8.27. The van der Waals surface area contributed by atoms with Crippen molar-refractivity contribution >= 4 is 39.0 Å². The van der Waals surface area contributed by atoms with Gasteiger partial charge >= 0.3 is 0 Å². The van der Waals surface area contributed by atoms with Crippen LogP contribution in [0.3, 0.4) is 0 Å². The highest BCUT2D eigenvalue weighted by Crippen LogP contribution is 2.13. The van der Waals surface area contributed by atoms with Crippen molar-refractivity contribution in [2.45, 2.75) is 6.92 Å².